The second-order valence-corrected chi connectivity index (χ2v) is 7.37. The zero-order chi connectivity index (χ0) is 18.0. The van der Waals surface area contributed by atoms with Crippen LogP contribution in [0, 0.1) is 0 Å². The number of ether oxygens (including phenoxy) is 1. The number of benzene rings is 1. The summed E-state index contributed by atoms with van der Waals surface area (Å²) >= 11 is 0. The van der Waals surface area contributed by atoms with Crippen molar-refractivity contribution in [2.45, 2.75) is 37.3 Å². The van der Waals surface area contributed by atoms with E-state index in [1.54, 1.807) is 13.3 Å². The Bertz CT molecular complexity index is 753. The molecule has 2 aromatic rings. The molecule has 0 unspecified atom stereocenters. The predicted octanol–water partition coefficient (Wildman–Crippen LogP) is 2.73. The van der Waals surface area contributed by atoms with E-state index < -0.39 is 0 Å². The lowest BCUT2D eigenvalue weighted by molar-refractivity contribution is -0.120. The van der Waals surface area contributed by atoms with E-state index in [-0.39, 0.29) is 17.4 Å². The lowest BCUT2D eigenvalue weighted by atomic mass is 9.74. The van der Waals surface area contributed by atoms with Gasteiger partial charge in [0.1, 0.15) is 5.75 Å². The number of aromatic nitrogens is 1. The average Bonchev–Trinajstić information content (AvgIpc) is 3.01. The molecule has 1 aromatic heterocycles. The van der Waals surface area contributed by atoms with E-state index in [0.29, 0.717) is 6.42 Å². The molecule has 136 valence electrons. The highest BCUT2D eigenvalue weighted by Crippen LogP contribution is 2.43. The molecular weight excluding hydrogens is 326 g/mol. The molecule has 5 nitrogen and oxygen atoms in total. The summed E-state index contributed by atoms with van der Waals surface area (Å²) in [7, 11) is 1.69. The standard InChI is InChI=1S/C21H25N3O2/c1-26-18-6-4-16(5-7-18)15-24-11-8-21(9-12-24)19(13-20(25)23-21)17-3-2-10-22-14-17/h2-7,10,14,19H,8-9,11-13,15H2,1H3,(H,23,25)/t19-/m1/s1. The number of amides is 1. The summed E-state index contributed by atoms with van der Waals surface area (Å²) in [5.74, 6) is 1.29. The molecule has 1 atom stereocenters. The Hall–Kier alpha value is -2.40. The zero-order valence-corrected chi connectivity index (χ0v) is 15.1. The Morgan fingerprint density at radius 3 is 2.65 bits per heavy atom. The van der Waals surface area contributed by atoms with Gasteiger partial charge in [0.05, 0.1) is 7.11 Å². The van der Waals surface area contributed by atoms with Crippen LogP contribution in [0.2, 0.25) is 0 Å². The third-order valence-corrected chi connectivity index (χ3v) is 5.85. The lowest BCUT2D eigenvalue weighted by Gasteiger charge is -2.43. The van der Waals surface area contributed by atoms with Crippen LogP contribution < -0.4 is 10.1 Å². The number of nitrogens with one attached hydrogen (secondary N) is 1. The van der Waals surface area contributed by atoms with E-state index in [4.69, 9.17) is 4.74 Å². The number of piperidine rings is 1. The molecule has 2 aliphatic heterocycles. The predicted molar refractivity (Wildman–Crippen MR) is 100.0 cm³/mol. The highest BCUT2D eigenvalue weighted by Gasteiger charge is 2.48. The Labute approximate surface area is 154 Å². The summed E-state index contributed by atoms with van der Waals surface area (Å²) < 4.78 is 5.23. The first-order valence-corrected chi connectivity index (χ1v) is 9.25. The second-order valence-electron chi connectivity index (χ2n) is 7.37. The average molecular weight is 351 g/mol. The Kier molecular flexibility index (Phi) is 4.64. The van der Waals surface area contributed by atoms with Crippen molar-refractivity contribution < 1.29 is 9.53 Å². The monoisotopic (exact) mass is 351 g/mol. The van der Waals surface area contributed by atoms with Gasteiger partial charge in [-0.1, -0.05) is 18.2 Å². The number of carbonyl (C=O) groups excluding carboxylic acids is 1. The molecule has 1 N–H and O–H groups in total. The van der Waals surface area contributed by atoms with Crippen molar-refractivity contribution in [3.8, 4) is 5.75 Å². The molecule has 2 aliphatic rings. The minimum atomic E-state index is -0.115. The third-order valence-electron chi connectivity index (χ3n) is 5.85. The van der Waals surface area contributed by atoms with E-state index in [2.05, 4.69) is 33.4 Å². The first-order valence-electron chi connectivity index (χ1n) is 9.25. The SMILES string of the molecule is COc1ccc(CN2CCC3(CC2)NC(=O)C[C@@H]3c2cccnc2)cc1. The van der Waals surface area contributed by atoms with Crippen LogP contribution in [0.5, 0.6) is 5.75 Å². The maximum atomic E-state index is 12.2. The third kappa shape index (κ3) is 3.31. The van der Waals surface area contributed by atoms with Crippen molar-refractivity contribution in [2.75, 3.05) is 20.2 Å². The van der Waals surface area contributed by atoms with Crippen LogP contribution in [0.25, 0.3) is 0 Å². The van der Waals surface area contributed by atoms with Crippen molar-refractivity contribution in [2.24, 2.45) is 0 Å². The Balaban J connectivity index is 1.43. The van der Waals surface area contributed by atoms with E-state index >= 15 is 0 Å². The molecule has 3 heterocycles. The van der Waals surface area contributed by atoms with Crippen LogP contribution in [0.15, 0.2) is 48.8 Å². The number of hydrogen-bond donors (Lipinski definition) is 1. The molecule has 5 heteroatoms. The lowest BCUT2D eigenvalue weighted by Crippen LogP contribution is -2.53. The molecule has 1 aromatic carbocycles. The quantitative estimate of drug-likeness (QED) is 0.920. The van der Waals surface area contributed by atoms with Crippen molar-refractivity contribution in [1.29, 1.82) is 0 Å². The molecule has 0 aliphatic carbocycles. The number of hydrogen-bond acceptors (Lipinski definition) is 4. The van der Waals surface area contributed by atoms with E-state index in [9.17, 15) is 4.79 Å². The topological polar surface area (TPSA) is 54.5 Å². The summed E-state index contributed by atoms with van der Waals surface area (Å²) in [5.41, 5.74) is 2.35. The normalized spacial score (nSPS) is 22.3. The van der Waals surface area contributed by atoms with Gasteiger partial charge >= 0.3 is 0 Å². The molecule has 1 spiro atoms. The van der Waals surface area contributed by atoms with Crippen molar-refractivity contribution in [3.05, 3.63) is 59.9 Å². The van der Waals surface area contributed by atoms with E-state index in [1.807, 2.05) is 24.4 Å². The van der Waals surface area contributed by atoms with Gasteiger partial charge in [-0.05, 0) is 42.2 Å². The van der Waals surface area contributed by atoms with E-state index in [0.717, 1.165) is 38.2 Å². The van der Waals surface area contributed by atoms with Gasteiger partial charge in [-0.15, -0.1) is 0 Å². The minimum Gasteiger partial charge on any atom is -0.497 e. The zero-order valence-electron chi connectivity index (χ0n) is 15.1. The number of pyridine rings is 1. The summed E-state index contributed by atoms with van der Waals surface area (Å²) in [5, 5.41) is 3.31. The summed E-state index contributed by atoms with van der Waals surface area (Å²) in [6.07, 6.45) is 6.24. The highest BCUT2D eigenvalue weighted by atomic mass is 16.5. The van der Waals surface area contributed by atoms with Crippen LogP contribution >= 0.6 is 0 Å². The molecule has 2 saturated heterocycles. The number of likely N-dealkylation sites (tertiary alicyclic amines) is 1. The molecule has 1 amide bonds. The van der Waals surface area contributed by atoms with Crippen LogP contribution in [0.3, 0.4) is 0 Å². The van der Waals surface area contributed by atoms with Gasteiger partial charge in [0.15, 0.2) is 0 Å². The van der Waals surface area contributed by atoms with Gasteiger partial charge in [0.2, 0.25) is 5.91 Å². The van der Waals surface area contributed by atoms with Gasteiger partial charge in [-0.3, -0.25) is 14.7 Å². The fraction of sp³-hybridized carbons (Fsp3) is 0.429. The van der Waals surface area contributed by atoms with Gasteiger partial charge < -0.3 is 10.1 Å². The van der Waals surface area contributed by atoms with Crippen molar-refractivity contribution in [3.63, 3.8) is 0 Å². The van der Waals surface area contributed by atoms with Gasteiger partial charge in [-0.2, -0.15) is 0 Å². The maximum absolute atomic E-state index is 12.2. The largest absolute Gasteiger partial charge is 0.497 e. The highest BCUT2D eigenvalue weighted by molar-refractivity contribution is 5.81. The van der Waals surface area contributed by atoms with Gasteiger partial charge in [-0.25, -0.2) is 0 Å². The Morgan fingerprint density at radius 2 is 2.00 bits per heavy atom. The molecule has 26 heavy (non-hydrogen) atoms. The molecule has 0 saturated carbocycles. The minimum absolute atomic E-state index is 0.115. The van der Waals surface area contributed by atoms with E-state index in [1.165, 1.54) is 11.1 Å². The smallest absolute Gasteiger partial charge is 0.221 e. The maximum Gasteiger partial charge on any atom is 0.221 e. The number of rotatable bonds is 4. The van der Waals surface area contributed by atoms with Gasteiger partial charge in [0, 0.05) is 49.9 Å². The first-order chi connectivity index (χ1) is 12.7. The second kappa shape index (κ2) is 7.08. The fourth-order valence-electron chi connectivity index (χ4n) is 4.39. The molecular formula is C21H25N3O2. The number of carbonyl (C=O) groups is 1. The number of nitrogens with zero attached hydrogens (tertiary/aromatic N) is 2. The summed E-state index contributed by atoms with van der Waals surface area (Å²) in [6, 6.07) is 12.3. The first kappa shape index (κ1) is 17.0. The Morgan fingerprint density at radius 1 is 1.23 bits per heavy atom. The van der Waals surface area contributed by atoms with Crippen LogP contribution in [0.4, 0.5) is 0 Å². The van der Waals surface area contributed by atoms with Crippen LogP contribution in [-0.2, 0) is 11.3 Å². The van der Waals surface area contributed by atoms with Crippen molar-refractivity contribution in [1.82, 2.24) is 15.2 Å². The molecule has 4 rings (SSSR count). The number of methoxy groups -OCH3 is 1. The fourth-order valence-corrected chi connectivity index (χ4v) is 4.39. The molecule has 0 radical (unpaired) electrons. The molecule has 0 bridgehead atoms. The van der Waals surface area contributed by atoms with Crippen LogP contribution in [-0.4, -0.2) is 41.5 Å². The van der Waals surface area contributed by atoms with Crippen molar-refractivity contribution >= 4 is 5.91 Å². The molecule has 2 fully saturated rings. The van der Waals surface area contributed by atoms with Crippen LogP contribution in [0.1, 0.15) is 36.3 Å². The summed E-state index contributed by atoms with van der Waals surface area (Å²) in [6.45, 7) is 2.91. The van der Waals surface area contributed by atoms with Gasteiger partial charge in [0.25, 0.3) is 0 Å². The summed E-state index contributed by atoms with van der Waals surface area (Å²) in [4.78, 5) is 18.9.